The SMILES string of the molecule is C[C@@H]1COCCN1c1cc(-c2cnn(C)c2)n2ncc(Br)c2n1. The minimum atomic E-state index is 0.294. The van der Waals surface area contributed by atoms with Crippen molar-refractivity contribution in [2.24, 2.45) is 7.05 Å². The number of ether oxygens (including phenoxy) is 1. The summed E-state index contributed by atoms with van der Waals surface area (Å²) in [6.07, 6.45) is 5.60. The van der Waals surface area contributed by atoms with E-state index in [-0.39, 0.29) is 0 Å². The maximum Gasteiger partial charge on any atom is 0.172 e. The second-order valence-corrected chi connectivity index (χ2v) is 6.60. The number of aromatic nitrogens is 5. The van der Waals surface area contributed by atoms with Crippen molar-refractivity contribution in [3.63, 3.8) is 0 Å². The zero-order valence-corrected chi connectivity index (χ0v) is 14.6. The van der Waals surface area contributed by atoms with Gasteiger partial charge in [0.05, 0.1) is 41.8 Å². The molecule has 0 aliphatic carbocycles. The third-order valence-corrected chi connectivity index (χ3v) is 4.64. The zero-order chi connectivity index (χ0) is 16.0. The number of fused-ring (bicyclic) bond motifs is 1. The van der Waals surface area contributed by atoms with Gasteiger partial charge in [-0.3, -0.25) is 4.68 Å². The van der Waals surface area contributed by atoms with Gasteiger partial charge in [-0.15, -0.1) is 0 Å². The van der Waals surface area contributed by atoms with Crippen LogP contribution < -0.4 is 4.90 Å². The molecule has 0 bridgehead atoms. The summed E-state index contributed by atoms with van der Waals surface area (Å²) in [5.74, 6) is 0.938. The molecular weight excluding hydrogens is 360 g/mol. The molecule has 7 nitrogen and oxygen atoms in total. The van der Waals surface area contributed by atoms with Gasteiger partial charge in [0, 0.05) is 31.4 Å². The van der Waals surface area contributed by atoms with Crippen LogP contribution in [-0.4, -0.2) is 50.2 Å². The van der Waals surface area contributed by atoms with Gasteiger partial charge in [0.1, 0.15) is 5.82 Å². The molecular formula is C15H17BrN6O. The Morgan fingerprint density at radius 3 is 2.91 bits per heavy atom. The molecule has 0 saturated carbocycles. The Bertz CT molecular complexity index is 857. The van der Waals surface area contributed by atoms with Gasteiger partial charge in [0.25, 0.3) is 0 Å². The molecule has 1 aliphatic heterocycles. The summed E-state index contributed by atoms with van der Waals surface area (Å²) in [5.41, 5.74) is 2.79. The average Bonchev–Trinajstić information content (AvgIpc) is 3.14. The molecule has 0 amide bonds. The molecule has 0 radical (unpaired) electrons. The van der Waals surface area contributed by atoms with E-state index in [1.807, 2.05) is 24.0 Å². The molecule has 3 aromatic heterocycles. The van der Waals surface area contributed by atoms with Crippen LogP contribution in [0.4, 0.5) is 5.82 Å². The van der Waals surface area contributed by atoms with Crippen LogP contribution in [-0.2, 0) is 11.8 Å². The van der Waals surface area contributed by atoms with Gasteiger partial charge in [0.15, 0.2) is 5.65 Å². The lowest BCUT2D eigenvalue weighted by atomic mass is 10.2. The molecule has 0 spiro atoms. The standard InChI is InChI=1S/C15H17BrN6O/c1-10-9-23-4-3-21(10)14-5-13(11-6-17-20(2)8-11)22-15(19-14)12(16)7-18-22/h5-8,10H,3-4,9H2,1-2H3/t10-/m1/s1. The zero-order valence-electron chi connectivity index (χ0n) is 13.0. The molecule has 4 heterocycles. The minimum Gasteiger partial charge on any atom is -0.377 e. The van der Waals surface area contributed by atoms with Crippen LogP contribution in [0.15, 0.2) is 29.1 Å². The summed E-state index contributed by atoms with van der Waals surface area (Å²) >= 11 is 3.54. The largest absolute Gasteiger partial charge is 0.377 e. The summed E-state index contributed by atoms with van der Waals surface area (Å²) in [6.45, 7) is 4.43. The van der Waals surface area contributed by atoms with Crippen molar-refractivity contribution in [2.75, 3.05) is 24.7 Å². The number of rotatable bonds is 2. The number of morpholine rings is 1. The Balaban J connectivity index is 1.90. The highest BCUT2D eigenvalue weighted by Crippen LogP contribution is 2.29. The van der Waals surface area contributed by atoms with Gasteiger partial charge in [0.2, 0.25) is 0 Å². The first-order valence-electron chi connectivity index (χ1n) is 7.51. The molecule has 1 saturated heterocycles. The van der Waals surface area contributed by atoms with E-state index in [9.17, 15) is 0 Å². The number of halogens is 1. The lowest BCUT2D eigenvalue weighted by Crippen LogP contribution is -2.44. The Morgan fingerprint density at radius 1 is 1.30 bits per heavy atom. The number of anilines is 1. The molecule has 23 heavy (non-hydrogen) atoms. The van der Waals surface area contributed by atoms with Gasteiger partial charge in [-0.1, -0.05) is 0 Å². The van der Waals surface area contributed by atoms with Crippen LogP contribution in [0.25, 0.3) is 16.9 Å². The topological polar surface area (TPSA) is 60.5 Å². The van der Waals surface area contributed by atoms with Gasteiger partial charge in [-0.05, 0) is 22.9 Å². The maximum atomic E-state index is 5.54. The summed E-state index contributed by atoms with van der Waals surface area (Å²) in [5, 5.41) is 8.71. The normalized spacial score (nSPS) is 18.7. The molecule has 0 aromatic carbocycles. The fourth-order valence-corrected chi connectivity index (χ4v) is 3.25. The summed E-state index contributed by atoms with van der Waals surface area (Å²) in [4.78, 5) is 7.08. The van der Waals surface area contributed by atoms with E-state index in [4.69, 9.17) is 9.72 Å². The van der Waals surface area contributed by atoms with Crippen LogP contribution in [0.5, 0.6) is 0 Å². The Hall–Kier alpha value is -1.93. The van der Waals surface area contributed by atoms with Crippen LogP contribution in [0.3, 0.4) is 0 Å². The number of aryl methyl sites for hydroxylation is 1. The first kappa shape index (κ1) is 14.6. The Labute approximate surface area is 142 Å². The molecule has 0 unspecified atom stereocenters. The smallest absolute Gasteiger partial charge is 0.172 e. The number of hydrogen-bond acceptors (Lipinski definition) is 5. The van der Waals surface area contributed by atoms with Crippen LogP contribution in [0.2, 0.25) is 0 Å². The second-order valence-electron chi connectivity index (χ2n) is 5.75. The number of hydrogen-bond donors (Lipinski definition) is 0. The fraction of sp³-hybridized carbons (Fsp3) is 0.400. The van der Waals surface area contributed by atoms with Gasteiger partial charge in [-0.25, -0.2) is 9.50 Å². The highest BCUT2D eigenvalue weighted by molar-refractivity contribution is 9.10. The van der Waals surface area contributed by atoms with Gasteiger partial charge in [-0.2, -0.15) is 10.2 Å². The van der Waals surface area contributed by atoms with Crippen molar-refractivity contribution in [2.45, 2.75) is 13.0 Å². The summed E-state index contributed by atoms with van der Waals surface area (Å²) in [7, 11) is 1.91. The summed E-state index contributed by atoms with van der Waals surface area (Å²) < 4.78 is 10.1. The predicted molar refractivity (Wildman–Crippen MR) is 90.5 cm³/mol. The lowest BCUT2D eigenvalue weighted by Gasteiger charge is -2.34. The van der Waals surface area contributed by atoms with E-state index in [0.29, 0.717) is 6.04 Å². The van der Waals surface area contributed by atoms with Gasteiger partial charge >= 0.3 is 0 Å². The van der Waals surface area contributed by atoms with Crippen LogP contribution in [0.1, 0.15) is 6.92 Å². The Morgan fingerprint density at radius 2 is 2.17 bits per heavy atom. The van der Waals surface area contributed by atoms with Crippen molar-refractivity contribution in [1.29, 1.82) is 0 Å². The van der Waals surface area contributed by atoms with E-state index >= 15 is 0 Å². The fourth-order valence-electron chi connectivity index (χ4n) is 2.90. The molecule has 1 fully saturated rings. The number of nitrogens with zero attached hydrogens (tertiary/aromatic N) is 6. The average molecular weight is 377 g/mol. The first-order valence-corrected chi connectivity index (χ1v) is 8.30. The first-order chi connectivity index (χ1) is 11.1. The van der Waals surface area contributed by atoms with E-state index in [1.165, 1.54) is 0 Å². The molecule has 8 heteroatoms. The van der Waals surface area contributed by atoms with Crippen LogP contribution in [0, 0.1) is 0 Å². The van der Waals surface area contributed by atoms with E-state index in [2.05, 4.69) is 44.0 Å². The van der Waals surface area contributed by atoms with Crippen molar-refractivity contribution in [3.8, 4) is 11.3 Å². The summed E-state index contributed by atoms with van der Waals surface area (Å²) in [6, 6.07) is 2.37. The van der Waals surface area contributed by atoms with E-state index < -0.39 is 0 Å². The molecule has 4 rings (SSSR count). The van der Waals surface area contributed by atoms with Crippen molar-refractivity contribution in [1.82, 2.24) is 24.4 Å². The molecule has 1 atom stereocenters. The second kappa shape index (κ2) is 5.61. The molecule has 120 valence electrons. The monoisotopic (exact) mass is 376 g/mol. The lowest BCUT2D eigenvalue weighted by molar-refractivity contribution is 0.0985. The Kier molecular flexibility index (Phi) is 3.57. The van der Waals surface area contributed by atoms with E-state index in [1.54, 1.807) is 10.9 Å². The maximum absolute atomic E-state index is 5.54. The van der Waals surface area contributed by atoms with Gasteiger partial charge < -0.3 is 9.64 Å². The quantitative estimate of drug-likeness (QED) is 0.685. The highest BCUT2D eigenvalue weighted by atomic mass is 79.9. The molecule has 0 N–H and O–H groups in total. The third kappa shape index (κ3) is 2.51. The van der Waals surface area contributed by atoms with Crippen molar-refractivity contribution >= 4 is 27.4 Å². The third-order valence-electron chi connectivity index (χ3n) is 4.08. The van der Waals surface area contributed by atoms with E-state index in [0.717, 1.165) is 47.0 Å². The highest BCUT2D eigenvalue weighted by Gasteiger charge is 2.23. The molecule has 1 aliphatic rings. The van der Waals surface area contributed by atoms with Crippen LogP contribution >= 0.6 is 15.9 Å². The molecule has 3 aromatic rings. The minimum absolute atomic E-state index is 0.294. The predicted octanol–water partition coefficient (Wildman–Crippen LogP) is 2.12. The van der Waals surface area contributed by atoms with Crippen molar-refractivity contribution in [3.05, 3.63) is 29.1 Å². The van der Waals surface area contributed by atoms with Crippen molar-refractivity contribution < 1.29 is 4.74 Å².